The summed E-state index contributed by atoms with van der Waals surface area (Å²) in [6, 6.07) is 7.52. The van der Waals surface area contributed by atoms with Gasteiger partial charge in [-0.05, 0) is 32.3 Å². The topological polar surface area (TPSA) is 82.8 Å². The quantitative estimate of drug-likeness (QED) is 0.217. The number of benzene rings is 1. The molecule has 0 aliphatic carbocycles. The third kappa shape index (κ3) is 6.39. The molecule has 2 unspecified atom stereocenters. The number of nitro groups is 1. The van der Waals surface area contributed by atoms with Crippen LogP contribution in [-0.2, 0) is 6.54 Å². The number of guanidine groups is 1. The van der Waals surface area contributed by atoms with Crippen molar-refractivity contribution < 1.29 is 4.92 Å². The summed E-state index contributed by atoms with van der Waals surface area (Å²) in [5, 5.41) is 17.7. The van der Waals surface area contributed by atoms with E-state index in [4.69, 9.17) is 0 Å². The van der Waals surface area contributed by atoms with Gasteiger partial charge in [0.15, 0.2) is 5.96 Å². The molecule has 1 aromatic rings. The Kier molecular flexibility index (Phi) is 9.28. The van der Waals surface area contributed by atoms with E-state index in [1.54, 1.807) is 12.1 Å². The molecule has 8 heteroatoms. The maximum atomic E-state index is 10.9. The Morgan fingerprint density at radius 3 is 2.73 bits per heavy atom. The highest BCUT2D eigenvalue weighted by molar-refractivity contribution is 14.0. The number of non-ortho nitro benzene ring substituents is 1. The molecule has 1 heterocycles. The van der Waals surface area contributed by atoms with Gasteiger partial charge in [-0.25, -0.2) is 4.99 Å². The van der Waals surface area contributed by atoms with Gasteiger partial charge in [-0.1, -0.05) is 19.1 Å². The van der Waals surface area contributed by atoms with Gasteiger partial charge in [0, 0.05) is 43.9 Å². The van der Waals surface area contributed by atoms with Crippen molar-refractivity contribution in [1.82, 2.24) is 15.5 Å². The smallest absolute Gasteiger partial charge is 0.269 e. The average Bonchev–Trinajstić information content (AvgIpc) is 2.94. The first-order chi connectivity index (χ1) is 11.9. The molecule has 1 aliphatic heterocycles. The summed E-state index contributed by atoms with van der Waals surface area (Å²) >= 11 is 0. The highest BCUT2D eigenvalue weighted by atomic mass is 127. The molecule has 0 spiro atoms. The summed E-state index contributed by atoms with van der Waals surface area (Å²) in [6.45, 7) is 12.0. The minimum atomic E-state index is -0.378. The van der Waals surface area contributed by atoms with Crippen LogP contribution in [-0.4, -0.2) is 47.5 Å². The van der Waals surface area contributed by atoms with Gasteiger partial charge in [-0.2, -0.15) is 0 Å². The molecule has 0 saturated carbocycles. The van der Waals surface area contributed by atoms with E-state index >= 15 is 0 Å². The predicted octanol–water partition coefficient (Wildman–Crippen LogP) is 3.00. The van der Waals surface area contributed by atoms with Crippen LogP contribution < -0.4 is 10.6 Å². The molecule has 1 fully saturated rings. The first-order valence-corrected chi connectivity index (χ1v) is 8.93. The summed E-state index contributed by atoms with van der Waals surface area (Å²) in [5.74, 6) is 1.31. The van der Waals surface area contributed by atoms with Gasteiger partial charge in [-0.3, -0.25) is 15.0 Å². The number of likely N-dealkylation sites (tertiary alicyclic amines) is 1. The molecular weight excluding hydrogens is 445 g/mol. The average molecular weight is 475 g/mol. The Morgan fingerprint density at radius 1 is 1.42 bits per heavy atom. The number of nitrogens with zero attached hydrogens (tertiary/aromatic N) is 3. The monoisotopic (exact) mass is 475 g/mol. The van der Waals surface area contributed by atoms with Gasteiger partial charge in [0.25, 0.3) is 5.69 Å². The van der Waals surface area contributed by atoms with Crippen LogP contribution in [0.5, 0.6) is 0 Å². The molecular formula is C18H30IN5O2. The maximum absolute atomic E-state index is 10.9. The van der Waals surface area contributed by atoms with Crippen molar-refractivity contribution in [2.45, 2.75) is 46.3 Å². The largest absolute Gasteiger partial charge is 0.357 e. The lowest BCUT2D eigenvalue weighted by Crippen LogP contribution is -2.46. The fraction of sp³-hybridized carbons (Fsp3) is 0.611. The van der Waals surface area contributed by atoms with Crippen molar-refractivity contribution in [1.29, 1.82) is 0 Å². The molecule has 2 N–H and O–H groups in total. The number of rotatable bonds is 6. The van der Waals surface area contributed by atoms with Crippen LogP contribution in [0.4, 0.5) is 5.69 Å². The van der Waals surface area contributed by atoms with Gasteiger partial charge in [0.2, 0.25) is 0 Å². The van der Waals surface area contributed by atoms with Crippen LogP contribution >= 0.6 is 24.0 Å². The second-order valence-corrected chi connectivity index (χ2v) is 6.90. The molecule has 0 aromatic heterocycles. The van der Waals surface area contributed by atoms with E-state index in [0.717, 1.165) is 31.2 Å². The Labute approximate surface area is 172 Å². The standard InChI is InChI=1S/C18H29N5O2.HI/c1-5-19-18(21-17-12-22(13(2)3)11-14(17)4)20-10-15-7-6-8-16(9-15)23(24)25;/h6-9,13-14,17H,5,10-12H2,1-4H3,(H2,19,20,21);1H. The second-order valence-electron chi connectivity index (χ2n) is 6.90. The highest BCUT2D eigenvalue weighted by Crippen LogP contribution is 2.18. The normalized spacial score (nSPS) is 20.7. The molecule has 2 atom stereocenters. The third-order valence-corrected chi connectivity index (χ3v) is 4.58. The Morgan fingerprint density at radius 2 is 2.15 bits per heavy atom. The number of hydrogen-bond donors (Lipinski definition) is 2. The number of aliphatic imine (C=N–C) groups is 1. The van der Waals surface area contributed by atoms with Gasteiger partial charge < -0.3 is 10.6 Å². The molecule has 146 valence electrons. The van der Waals surface area contributed by atoms with Crippen LogP contribution in [0, 0.1) is 16.0 Å². The lowest BCUT2D eigenvalue weighted by Gasteiger charge is -2.22. The molecule has 1 aliphatic rings. The van der Waals surface area contributed by atoms with Crippen molar-refractivity contribution in [2.75, 3.05) is 19.6 Å². The lowest BCUT2D eigenvalue weighted by molar-refractivity contribution is -0.384. The molecule has 7 nitrogen and oxygen atoms in total. The van der Waals surface area contributed by atoms with Gasteiger partial charge in [-0.15, -0.1) is 24.0 Å². The molecule has 0 radical (unpaired) electrons. The van der Waals surface area contributed by atoms with E-state index < -0.39 is 0 Å². The minimum Gasteiger partial charge on any atom is -0.357 e. The van der Waals surface area contributed by atoms with E-state index in [1.807, 2.05) is 13.0 Å². The van der Waals surface area contributed by atoms with E-state index in [-0.39, 0.29) is 34.6 Å². The number of halogens is 1. The Hall–Kier alpha value is -1.42. The zero-order chi connectivity index (χ0) is 18.4. The van der Waals surface area contributed by atoms with Crippen molar-refractivity contribution in [3.05, 3.63) is 39.9 Å². The van der Waals surface area contributed by atoms with Gasteiger partial charge >= 0.3 is 0 Å². The number of hydrogen-bond acceptors (Lipinski definition) is 4. The van der Waals surface area contributed by atoms with E-state index in [9.17, 15) is 10.1 Å². The SMILES string of the molecule is CCNC(=NCc1cccc([N+](=O)[O-])c1)NC1CN(C(C)C)CC1C.I. The Bertz CT molecular complexity index is 623. The summed E-state index contributed by atoms with van der Waals surface area (Å²) in [6.07, 6.45) is 0. The summed E-state index contributed by atoms with van der Waals surface area (Å²) < 4.78 is 0. The van der Waals surface area contributed by atoms with Crippen LogP contribution in [0.15, 0.2) is 29.3 Å². The molecule has 26 heavy (non-hydrogen) atoms. The first kappa shape index (κ1) is 22.6. The molecule has 1 saturated heterocycles. The fourth-order valence-corrected chi connectivity index (χ4v) is 3.05. The zero-order valence-corrected chi connectivity index (χ0v) is 18.3. The third-order valence-electron chi connectivity index (χ3n) is 4.58. The van der Waals surface area contributed by atoms with Gasteiger partial charge in [0.1, 0.15) is 0 Å². The van der Waals surface area contributed by atoms with E-state index in [0.29, 0.717) is 24.5 Å². The number of nitrogens with one attached hydrogen (secondary N) is 2. The van der Waals surface area contributed by atoms with Crippen LogP contribution in [0.2, 0.25) is 0 Å². The molecule has 0 bridgehead atoms. The lowest BCUT2D eigenvalue weighted by atomic mass is 10.1. The van der Waals surface area contributed by atoms with Crippen molar-refractivity contribution in [3.8, 4) is 0 Å². The van der Waals surface area contributed by atoms with Crippen LogP contribution in [0.1, 0.15) is 33.3 Å². The fourth-order valence-electron chi connectivity index (χ4n) is 3.05. The second kappa shape index (κ2) is 10.7. The molecule has 1 aromatic carbocycles. The highest BCUT2D eigenvalue weighted by Gasteiger charge is 2.31. The molecule has 0 amide bonds. The Balaban J connectivity index is 0.00000338. The van der Waals surface area contributed by atoms with Crippen molar-refractivity contribution in [2.24, 2.45) is 10.9 Å². The summed E-state index contributed by atoms with van der Waals surface area (Å²) in [4.78, 5) is 17.6. The van der Waals surface area contributed by atoms with Crippen molar-refractivity contribution in [3.63, 3.8) is 0 Å². The number of nitro benzene ring substituents is 1. The maximum Gasteiger partial charge on any atom is 0.269 e. The predicted molar refractivity (Wildman–Crippen MR) is 116 cm³/mol. The van der Waals surface area contributed by atoms with Crippen LogP contribution in [0.3, 0.4) is 0 Å². The van der Waals surface area contributed by atoms with Crippen molar-refractivity contribution >= 4 is 35.6 Å². The molecule has 2 rings (SSSR count). The van der Waals surface area contributed by atoms with Crippen LogP contribution in [0.25, 0.3) is 0 Å². The minimum absolute atomic E-state index is 0. The van der Waals surface area contributed by atoms with Gasteiger partial charge in [0.05, 0.1) is 11.5 Å². The summed E-state index contributed by atoms with van der Waals surface area (Å²) in [7, 11) is 0. The summed E-state index contributed by atoms with van der Waals surface area (Å²) in [5.41, 5.74) is 0.928. The first-order valence-electron chi connectivity index (χ1n) is 8.93. The van der Waals surface area contributed by atoms with E-state index in [2.05, 4.69) is 41.3 Å². The zero-order valence-electron chi connectivity index (χ0n) is 15.9. The van der Waals surface area contributed by atoms with E-state index in [1.165, 1.54) is 6.07 Å².